The minimum atomic E-state index is -4.66. The van der Waals surface area contributed by atoms with Gasteiger partial charge in [0.25, 0.3) is 0 Å². The van der Waals surface area contributed by atoms with Crippen molar-refractivity contribution in [1.82, 2.24) is 4.57 Å². The molecule has 2 amide bonds. The van der Waals surface area contributed by atoms with Gasteiger partial charge < -0.3 is 9.64 Å². The van der Waals surface area contributed by atoms with E-state index in [1.165, 1.54) is 10.6 Å². The number of nitrogens with zero attached hydrogens (tertiary/aromatic N) is 3. The van der Waals surface area contributed by atoms with Gasteiger partial charge in [-0.1, -0.05) is 41.3 Å². The van der Waals surface area contributed by atoms with Crippen molar-refractivity contribution in [3.05, 3.63) is 74.2 Å². The SMILES string of the molecule is CCOC(=O)Cn1c2c(sc1=O)C(c1ccc(N(CC)CC)cc1)C1C(=O)N(c3cccc(C(F)(F)F)c3)C(=O)C1S2. The molecule has 5 rings (SSSR count). The van der Waals surface area contributed by atoms with E-state index in [4.69, 9.17) is 4.74 Å². The van der Waals surface area contributed by atoms with Crippen molar-refractivity contribution in [2.45, 2.75) is 49.7 Å². The molecule has 3 aromatic rings. The van der Waals surface area contributed by atoms with E-state index in [-0.39, 0.29) is 18.8 Å². The topological polar surface area (TPSA) is 88.9 Å². The molecule has 1 saturated heterocycles. The Hall–Kier alpha value is -3.58. The van der Waals surface area contributed by atoms with E-state index >= 15 is 0 Å². The average molecular weight is 620 g/mol. The number of carbonyl (C=O) groups is 3. The third-order valence-corrected chi connectivity index (χ3v) is 10.1. The number of aromatic nitrogens is 1. The zero-order valence-electron chi connectivity index (χ0n) is 23.0. The monoisotopic (exact) mass is 619 g/mol. The van der Waals surface area contributed by atoms with Crippen molar-refractivity contribution in [2.75, 3.05) is 29.5 Å². The molecule has 0 radical (unpaired) electrons. The van der Waals surface area contributed by atoms with Crippen LogP contribution >= 0.6 is 23.1 Å². The lowest BCUT2D eigenvalue weighted by molar-refractivity contribution is -0.144. The van der Waals surface area contributed by atoms with Gasteiger partial charge >= 0.3 is 17.0 Å². The maximum absolute atomic E-state index is 14.0. The summed E-state index contributed by atoms with van der Waals surface area (Å²) in [6.07, 6.45) is -4.66. The smallest absolute Gasteiger partial charge is 0.416 e. The molecule has 0 N–H and O–H groups in total. The molecule has 222 valence electrons. The summed E-state index contributed by atoms with van der Waals surface area (Å²) in [5, 5.41) is -0.640. The Kier molecular flexibility index (Phi) is 8.26. The van der Waals surface area contributed by atoms with E-state index in [2.05, 4.69) is 4.90 Å². The highest BCUT2D eigenvalue weighted by Gasteiger charge is 2.57. The number of imide groups is 1. The zero-order chi connectivity index (χ0) is 30.3. The molecule has 2 aliphatic rings. The van der Waals surface area contributed by atoms with E-state index in [0.717, 1.165) is 65.0 Å². The molecule has 0 saturated carbocycles. The standard InChI is InChI=1S/C29H28F3N3O5S2/c1-4-33(5-2)18-12-10-16(11-13-18)21-22-23(41-27-24(21)42-28(39)34(27)15-20(36)40-6-3)26(38)35(25(22)37)19-9-7-8-17(14-19)29(30,31)32/h7-14,21-23H,4-6,15H2,1-3H3. The van der Waals surface area contributed by atoms with E-state index in [9.17, 15) is 32.3 Å². The first-order valence-electron chi connectivity index (χ1n) is 13.5. The fourth-order valence-electron chi connectivity index (χ4n) is 5.51. The van der Waals surface area contributed by atoms with Crippen LogP contribution in [0.5, 0.6) is 0 Å². The molecule has 13 heteroatoms. The van der Waals surface area contributed by atoms with Crippen molar-refractivity contribution in [3.63, 3.8) is 0 Å². The summed E-state index contributed by atoms with van der Waals surface area (Å²) in [4.78, 5) is 56.3. The second-order valence-corrected chi connectivity index (χ2v) is 11.9. The zero-order valence-corrected chi connectivity index (χ0v) is 24.6. The van der Waals surface area contributed by atoms with Gasteiger partial charge in [0.05, 0.1) is 28.8 Å². The maximum Gasteiger partial charge on any atom is 0.416 e. The quantitative estimate of drug-likeness (QED) is 0.255. The molecule has 3 atom stereocenters. The van der Waals surface area contributed by atoms with Crippen molar-refractivity contribution >= 4 is 52.3 Å². The fraction of sp³-hybridized carbons (Fsp3) is 0.379. The van der Waals surface area contributed by atoms with Crippen LogP contribution in [0.3, 0.4) is 0 Å². The molecule has 1 fully saturated rings. The molecule has 2 aliphatic heterocycles. The minimum absolute atomic E-state index is 0.123. The number of anilines is 2. The Balaban J connectivity index is 1.62. The number of esters is 1. The summed E-state index contributed by atoms with van der Waals surface area (Å²) < 4.78 is 46.7. The van der Waals surface area contributed by atoms with Crippen molar-refractivity contribution in [1.29, 1.82) is 0 Å². The molecule has 0 spiro atoms. The van der Waals surface area contributed by atoms with Crippen LogP contribution in [0.1, 0.15) is 42.7 Å². The highest BCUT2D eigenvalue weighted by Crippen LogP contribution is 2.54. The molecule has 3 unspecified atom stereocenters. The second-order valence-electron chi connectivity index (χ2n) is 9.79. The van der Waals surface area contributed by atoms with Crippen LogP contribution in [0.4, 0.5) is 24.5 Å². The first kappa shape index (κ1) is 29.9. The van der Waals surface area contributed by atoms with E-state index in [1.807, 2.05) is 38.1 Å². The van der Waals surface area contributed by atoms with Gasteiger partial charge in [0.2, 0.25) is 11.8 Å². The number of thiazole rings is 1. The van der Waals surface area contributed by atoms with Gasteiger partial charge in [0.15, 0.2) is 0 Å². The first-order valence-corrected chi connectivity index (χ1v) is 15.1. The van der Waals surface area contributed by atoms with Crippen molar-refractivity contribution < 1.29 is 32.3 Å². The normalized spacial score (nSPS) is 20.0. The number of halogens is 3. The minimum Gasteiger partial charge on any atom is -0.465 e. The number of hydrogen-bond acceptors (Lipinski definition) is 8. The number of carbonyl (C=O) groups excluding carboxylic acids is 3. The first-order chi connectivity index (χ1) is 20.0. The Labute approximate surface area is 248 Å². The summed E-state index contributed by atoms with van der Waals surface area (Å²) >= 11 is 1.88. The Bertz CT molecular complexity index is 1580. The van der Waals surface area contributed by atoms with Crippen LogP contribution in [-0.2, 0) is 31.8 Å². The molecule has 42 heavy (non-hydrogen) atoms. The number of benzene rings is 2. The van der Waals surface area contributed by atoms with Gasteiger partial charge in [-0.05, 0) is 56.7 Å². The van der Waals surface area contributed by atoms with Gasteiger partial charge in [-0.15, -0.1) is 0 Å². The van der Waals surface area contributed by atoms with Gasteiger partial charge in [-0.3, -0.25) is 23.7 Å². The predicted octanol–water partition coefficient (Wildman–Crippen LogP) is 5.13. The van der Waals surface area contributed by atoms with Crippen LogP contribution in [0.25, 0.3) is 0 Å². The van der Waals surface area contributed by atoms with Crippen molar-refractivity contribution in [3.8, 4) is 0 Å². The summed E-state index contributed by atoms with van der Waals surface area (Å²) in [5.41, 5.74) is 0.490. The maximum atomic E-state index is 14.0. The van der Waals surface area contributed by atoms with Gasteiger partial charge in [-0.2, -0.15) is 13.2 Å². The highest BCUT2D eigenvalue weighted by atomic mass is 32.2. The molecule has 0 aliphatic carbocycles. The van der Waals surface area contributed by atoms with E-state index < -0.39 is 51.5 Å². The predicted molar refractivity (Wildman–Crippen MR) is 154 cm³/mol. The van der Waals surface area contributed by atoms with Crippen LogP contribution in [0.2, 0.25) is 0 Å². The van der Waals surface area contributed by atoms with Crippen LogP contribution < -0.4 is 14.7 Å². The second kappa shape index (κ2) is 11.6. The Morgan fingerprint density at radius 3 is 2.31 bits per heavy atom. The molecule has 0 bridgehead atoms. The summed E-state index contributed by atoms with van der Waals surface area (Å²) in [6, 6.07) is 11.6. The summed E-state index contributed by atoms with van der Waals surface area (Å²) in [7, 11) is 0. The van der Waals surface area contributed by atoms with E-state index in [0.29, 0.717) is 15.5 Å². The van der Waals surface area contributed by atoms with Gasteiger partial charge in [0.1, 0.15) is 11.8 Å². The molecule has 2 aromatic carbocycles. The molecule has 8 nitrogen and oxygen atoms in total. The average Bonchev–Trinajstić information content (AvgIpc) is 3.40. The summed E-state index contributed by atoms with van der Waals surface area (Å²) in [6.45, 7) is 7.02. The highest BCUT2D eigenvalue weighted by molar-refractivity contribution is 8.00. The van der Waals surface area contributed by atoms with E-state index in [1.54, 1.807) is 6.92 Å². The van der Waals surface area contributed by atoms with Crippen LogP contribution in [0.15, 0.2) is 58.4 Å². The Morgan fingerprint density at radius 1 is 1.00 bits per heavy atom. The molecule has 3 heterocycles. The molecular weight excluding hydrogens is 591 g/mol. The number of rotatable bonds is 8. The number of hydrogen-bond donors (Lipinski definition) is 0. The largest absolute Gasteiger partial charge is 0.465 e. The van der Waals surface area contributed by atoms with Crippen LogP contribution in [-0.4, -0.2) is 47.3 Å². The summed E-state index contributed by atoms with van der Waals surface area (Å²) in [5.74, 6) is -3.64. The fourth-order valence-corrected chi connectivity index (χ4v) is 8.28. The third-order valence-electron chi connectivity index (χ3n) is 7.45. The molecular formula is C29H28F3N3O5S2. The number of alkyl halides is 3. The lowest BCUT2D eigenvalue weighted by Gasteiger charge is -2.31. The van der Waals surface area contributed by atoms with Gasteiger partial charge in [-0.25, -0.2) is 4.90 Å². The lowest BCUT2D eigenvalue weighted by Crippen LogP contribution is -2.32. The number of thioether (sulfide) groups is 1. The van der Waals surface area contributed by atoms with Gasteiger partial charge in [0, 0.05) is 29.6 Å². The number of fused-ring (bicyclic) bond motifs is 2. The van der Waals surface area contributed by atoms with Crippen molar-refractivity contribution in [2.24, 2.45) is 5.92 Å². The Morgan fingerprint density at radius 2 is 1.69 bits per heavy atom. The number of ether oxygens (including phenoxy) is 1. The third kappa shape index (κ3) is 5.24. The van der Waals surface area contributed by atoms with Crippen LogP contribution in [0, 0.1) is 5.92 Å². The lowest BCUT2D eigenvalue weighted by atomic mass is 9.83. The molecule has 1 aromatic heterocycles. The number of amides is 2.